The lowest BCUT2D eigenvalue weighted by Crippen LogP contribution is -3.00. The number of non-ortho nitro benzene ring substituents is 1. The molecule has 0 saturated heterocycles. The summed E-state index contributed by atoms with van der Waals surface area (Å²) in [5.41, 5.74) is 3.41. The second kappa shape index (κ2) is 7.15. The maximum Gasteiger partial charge on any atom is 0.418 e. The van der Waals surface area contributed by atoms with Crippen molar-refractivity contribution in [3.63, 3.8) is 0 Å². The van der Waals surface area contributed by atoms with Gasteiger partial charge in [0.2, 0.25) is 0 Å². The van der Waals surface area contributed by atoms with Crippen molar-refractivity contribution < 1.29 is 30.5 Å². The fourth-order valence-electron chi connectivity index (χ4n) is 1.36. The van der Waals surface area contributed by atoms with Gasteiger partial charge in [-0.2, -0.15) is 13.2 Å². The molecule has 5 nitrogen and oxygen atoms in total. The van der Waals surface area contributed by atoms with Gasteiger partial charge < -0.3 is 23.5 Å². The van der Waals surface area contributed by atoms with Crippen LogP contribution in [0.4, 0.5) is 24.5 Å². The van der Waals surface area contributed by atoms with Crippen LogP contribution in [-0.4, -0.2) is 18.0 Å². The molecule has 0 fully saturated rings. The van der Waals surface area contributed by atoms with Gasteiger partial charge in [-0.25, -0.2) is 0 Å². The number of nitrogens with one attached hydrogen (secondary N) is 1. The van der Waals surface area contributed by atoms with Gasteiger partial charge >= 0.3 is 6.18 Å². The zero-order valence-corrected chi connectivity index (χ0v) is 10.5. The minimum atomic E-state index is -4.64. The van der Waals surface area contributed by atoms with Gasteiger partial charge in [0.25, 0.3) is 5.69 Å². The zero-order valence-electron chi connectivity index (χ0n) is 9.71. The third-order valence-corrected chi connectivity index (χ3v) is 2.22. The Morgan fingerprint density at radius 2 is 2.00 bits per heavy atom. The van der Waals surface area contributed by atoms with Crippen LogP contribution in [0.5, 0.6) is 0 Å². The smallest absolute Gasteiger partial charge is 0.418 e. The molecule has 0 aromatic heterocycles. The SMILES string of the molecule is NCCCNc1ccc([N+](=O)[O-])cc1C(F)(F)F.[Cl-]. The molecule has 0 amide bonds. The molecule has 1 rings (SSSR count). The fraction of sp³-hybridized carbons (Fsp3) is 0.400. The standard InChI is InChI=1S/C10H12F3N3O2.ClH/c11-10(12,13)8-6-7(16(17)18)2-3-9(8)15-5-1-4-14;/h2-3,6,15H,1,4-5,14H2;1H/p-1. The molecule has 0 unspecified atom stereocenters. The van der Waals surface area contributed by atoms with Gasteiger partial charge in [0.05, 0.1) is 10.5 Å². The highest BCUT2D eigenvalue weighted by Crippen LogP contribution is 2.36. The maximum absolute atomic E-state index is 12.7. The molecule has 19 heavy (non-hydrogen) atoms. The largest absolute Gasteiger partial charge is 1.00 e. The minimum Gasteiger partial charge on any atom is -1.00 e. The Balaban J connectivity index is 0.00000324. The molecule has 108 valence electrons. The van der Waals surface area contributed by atoms with Crippen molar-refractivity contribution in [1.29, 1.82) is 0 Å². The van der Waals surface area contributed by atoms with Crippen molar-refractivity contribution >= 4 is 11.4 Å². The first kappa shape index (κ1) is 17.5. The molecule has 9 heteroatoms. The monoisotopic (exact) mass is 298 g/mol. The van der Waals surface area contributed by atoms with E-state index in [-0.39, 0.29) is 24.6 Å². The van der Waals surface area contributed by atoms with E-state index >= 15 is 0 Å². The highest BCUT2D eigenvalue weighted by molar-refractivity contribution is 5.57. The van der Waals surface area contributed by atoms with Crippen molar-refractivity contribution in [3.8, 4) is 0 Å². The highest BCUT2D eigenvalue weighted by Gasteiger charge is 2.35. The number of nitro benzene ring substituents is 1. The lowest BCUT2D eigenvalue weighted by atomic mass is 10.1. The zero-order chi connectivity index (χ0) is 13.8. The molecule has 1 aromatic carbocycles. The van der Waals surface area contributed by atoms with Crippen LogP contribution in [-0.2, 0) is 6.18 Å². The number of nitrogens with two attached hydrogens (primary N) is 1. The first-order valence-electron chi connectivity index (χ1n) is 5.16. The number of nitro groups is 1. The molecule has 0 heterocycles. The van der Waals surface area contributed by atoms with Crippen LogP contribution in [0, 0.1) is 10.1 Å². The normalized spacial score (nSPS) is 10.7. The first-order chi connectivity index (χ1) is 8.36. The molecule has 0 radical (unpaired) electrons. The van der Waals surface area contributed by atoms with Gasteiger partial charge in [-0.3, -0.25) is 10.1 Å². The molecule has 3 N–H and O–H groups in total. The van der Waals surface area contributed by atoms with Crippen LogP contribution < -0.4 is 23.5 Å². The van der Waals surface area contributed by atoms with E-state index in [1.54, 1.807) is 0 Å². The second-order valence-electron chi connectivity index (χ2n) is 3.55. The van der Waals surface area contributed by atoms with Crippen LogP contribution in [0.1, 0.15) is 12.0 Å². The van der Waals surface area contributed by atoms with Gasteiger partial charge in [0, 0.05) is 24.4 Å². The van der Waals surface area contributed by atoms with E-state index in [4.69, 9.17) is 5.73 Å². The van der Waals surface area contributed by atoms with E-state index in [2.05, 4.69) is 5.32 Å². The molecular formula is C10H12ClF3N3O2-. The van der Waals surface area contributed by atoms with Gasteiger partial charge in [-0.1, -0.05) is 0 Å². The third kappa shape index (κ3) is 4.92. The summed E-state index contributed by atoms with van der Waals surface area (Å²) in [5.74, 6) is 0. The highest BCUT2D eigenvalue weighted by atomic mass is 35.5. The summed E-state index contributed by atoms with van der Waals surface area (Å²) in [5, 5.41) is 13.0. The number of hydrogen-bond donors (Lipinski definition) is 2. The Morgan fingerprint density at radius 3 is 2.47 bits per heavy atom. The number of rotatable bonds is 5. The van der Waals surface area contributed by atoms with Crippen molar-refractivity contribution in [1.82, 2.24) is 0 Å². The van der Waals surface area contributed by atoms with Crippen LogP contribution in [0.15, 0.2) is 18.2 Å². The summed E-state index contributed by atoms with van der Waals surface area (Å²) >= 11 is 0. The first-order valence-corrected chi connectivity index (χ1v) is 5.16. The van der Waals surface area contributed by atoms with E-state index < -0.39 is 22.4 Å². The Hall–Kier alpha value is -1.54. The topological polar surface area (TPSA) is 81.2 Å². The van der Waals surface area contributed by atoms with Crippen LogP contribution >= 0.6 is 0 Å². The van der Waals surface area contributed by atoms with Crippen molar-refractivity contribution in [2.45, 2.75) is 12.6 Å². The van der Waals surface area contributed by atoms with E-state index in [1.807, 2.05) is 0 Å². The number of alkyl halides is 3. The summed E-state index contributed by atoms with van der Waals surface area (Å²) in [6, 6.07) is 2.60. The fourth-order valence-corrected chi connectivity index (χ4v) is 1.36. The van der Waals surface area contributed by atoms with Crippen molar-refractivity contribution in [2.24, 2.45) is 5.73 Å². The second-order valence-corrected chi connectivity index (χ2v) is 3.55. The number of nitrogens with zero attached hydrogens (tertiary/aromatic N) is 1. The quantitative estimate of drug-likeness (QED) is 0.431. The number of halogens is 4. The molecule has 1 aromatic rings. The average molecular weight is 299 g/mol. The molecule has 0 atom stereocenters. The molecule has 0 bridgehead atoms. The minimum absolute atomic E-state index is 0. The number of benzene rings is 1. The van der Waals surface area contributed by atoms with Crippen LogP contribution in [0.2, 0.25) is 0 Å². The molecule has 0 aliphatic carbocycles. The van der Waals surface area contributed by atoms with E-state index in [0.717, 1.165) is 12.1 Å². The molecular weight excluding hydrogens is 287 g/mol. The van der Waals surface area contributed by atoms with E-state index in [9.17, 15) is 23.3 Å². The summed E-state index contributed by atoms with van der Waals surface area (Å²) < 4.78 is 38.1. The Labute approximate surface area is 113 Å². The Kier molecular flexibility index (Phi) is 6.57. The lowest BCUT2D eigenvalue weighted by Gasteiger charge is -2.14. The molecule has 0 aliphatic heterocycles. The molecule has 0 spiro atoms. The van der Waals surface area contributed by atoms with Crippen molar-refractivity contribution in [2.75, 3.05) is 18.4 Å². The number of anilines is 1. The third-order valence-electron chi connectivity index (χ3n) is 2.22. The predicted molar refractivity (Wildman–Crippen MR) is 60.3 cm³/mol. The summed E-state index contributed by atoms with van der Waals surface area (Å²) in [4.78, 5) is 9.59. The van der Waals surface area contributed by atoms with Gasteiger partial charge in [0.15, 0.2) is 0 Å². The Morgan fingerprint density at radius 1 is 1.37 bits per heavy atom. The van der Waals surface area contributed by atoms with E-state index in [1.165, 1.54) is 0 Å². The van der Waals surface area contributed by atoms with Crippen molar-refractivity contribution in [3.05, 3.63) is 33.9 Å². The van der Waals surface area contributed by atoms with Crippen LogP contribution in [0.3, 0.4) is 0 Å². The summed E-state index contributed by atoms with van der Waals surface area (Å²) in [7, 11) is 0. The lowest BCUT2D eigenvalue weighted by molar-refractivity contribution is -0.385. The van der Waals surface area contributed by atoms with Gasteiger partial charge in [-0.15, -0.1) is 0 Å². The van der Waals surface area contributed by atoms with Gasteiger partial charge in [0.1, 0.15) is 0 Å². The average Bonchev–Trinajstić information content (AvgIpc) is 2.28. The maximum atomic E-state index is 12.7. The van der Waals surface area contributed by atoms with Gasteiger partial charge in [-0.05, 0) is 19.0 Å². The van der Waals surface area contributed by atoms with Crippen LogP contribution in [0.25, 0.3) is 0 Å². The summed E-state index contributed by atoms with van der Waals surface area (Å²) in [6.07, 6.45) is -4.13. The summed E-state index contributed by atoms with van der Waals surface area (Å²) in [6.45, 7) is 0.624. The number of hydrogen-bond acceptors (Lipinski definition) is 4. The Bertz CT molecular complexity index is 441. The molecule has 0 saturated carbocycles. The molecule has 0 aliphatic rings. The predicted octanol–water partition coefficient (Wildman–Crippen LogP) is -0.622. The van der Waals surface area contributed by atoms with E-state index in [0.29, 0.717) is 19.0 Å².